The van der Waals surface area contributed by atoms with Crippen molar-refractivity contribution >= 4 is 29.2 Å². The second-order valence-electron chi connectivity index (χ2n) is 6.63. The number of aliphatic imine (C=N–C) groups is 1. The standard InChI is InChI=1S/C23H18N4O4/c1-31-19-13-11-18(12-14-19)25-26-22(16-7-3-2-4-8-16)24-20(23(26)28)15-17-9-5-6-10-21(17)27(29)30/h2-15,25H,1H3. The van der Waals surface area contributed by atoms with E-state index in [0.717, 1.165) is 5.56 Å². The van der Waals surface area contributed by atoms with Crippen molar-refractivity contribution in [2.24, 2.45) is 4.99 Å². The first-order valence-electron chi connectivity index (χ1n) is 9.41. The summed E-state index contributed by atoms with van der Waals surface area (Å²) in [7, 11) is 1.58. The Bertz CT molecular complexity index is 1190. The van der Waals surface area contributed by atoms with Crippen LogP contribution in [0.25, 0.3) is 6.08 Å². The number of ether oxygens (including phenoxy) is 1. The Morgan fingerprint density at radius 3 is 2.35 bits per heavy atom. The van der Waals surface area contributed by atoms with Gasteiger partial charge in [0.1, 0.15) is 11.4 Å². The molecule has 0 radical (unpaired) electrons. The van der Waals surface area contributed by atoms with E-state index in [2.05, 4.69) is 10.4 Å². The van der Waals surface area contributed by atoms with Crippen LogP contribution < -0.4 is 10.2 Å². The van der Waals surface area contributed by atoms with Crippen molar-refractivity contribution in [1.29, 1.82) is 0 Å². The molecule has 1 aliphatic heterocycles. The van der Waals surface area contributed by atoms with E-state index >= 15 is 0 Å². The van der Waals surface area contributed by atoms with Crippen LogP contribution in [-0.4, -0.2) is 28.8 Å². The quantitative estimate of drug-likeness (QED) is 0.369. The van der Waals surface area contributed by atoms with Crippen LogP contribution >= 0.6 is 0 Å². The zero-order valence-electron chi connectivity index (χ0n) is 16.6. The van der Waals surface area contributed by atoms with Gasteiger partial charge in [-0.1, -0.05) is 42.5 Å². The first kappa shape index (κ1) is 19.8. The minimum atomic E-state index is -0.485. The zero-order chi connectivity index (χ0) is 21.8. The van der Waals surface area contributed by atoms with Gasteiger partial charge in [-0.25, -0.2) is 4.99 Å². The summed E-state index contributed by atoms with van der Waals surface area (Å²) in [6, 6.07) is 22.5. The Morgan fingerprint density at radius 1 is 1.00 bits per heavy atom. The van der Waals surface area contributed by atoms with Crippen molar-refractivity contribution in [3.8, 4) is 5.75 Å². The first-order valence-corrected chi connectivity index (χ1v) is 9.41. The number of hydrogen-bond donors (Lipinski definition) is 1. The minimum Gasteiger partial charge on any atom is -0.497 e. The molecule has 0 unspecified atom stereocenters. The molecule has 4 rings (SSSR count). The fraction of sp³-hybridized carbons (Fsp3) is 0.0435. The molecular formula is C23H18N4O4. The Morgan fingerprint density at radius 2 is 1.68 bits per heavy atom. The molecule has 1 aliphatic rings. The number of nitro benzene ring substituents is 1. The lowest BCUT2D eigenvalue weighted by Gasteiger charge is -2.20. The Labute approximate surface area is 178 Å². The average molecular weight is 414 g/mol. The molecule has 0 aromatic heterocycles. The SMILES string of the molecule is COc1ccc(NN2C(=O)C(=Cc3ccccc3[N+](=O)[O-])N=C2c2ccccc2)cc1. The molecule has 0 spiro atoms. The molecule has 0 aliphatic carbocycles. The fourth-order valence-corrected chi connectivity index (χ4v) is 3.12. The highest BCUT2D eigenvalue weighted by atomic mass is 16.6. The van der Waals surface area contributed by atoms with E-state index in [0.29, 0.717) is 22.8 Å². The maximum absolute atomic E-state index is 13.2. The number of carbonyl (C=O) groups excluding carboxylic acids is 1. The summed E-state index contributed by atoms with van der Waals surface area (Å²) in [4.78, 5) is 28.5. The summed E-state index contributed by atoms with van der Waals surface area (Å²) < 4.78 is 5.17. The molecule has 154 valence electrons. The summed E-state index contributed by atoms with van der Waals surface area (Å²) in [5.41, 5.74) is 4.75. The van der Waals surface area contributed by atoms with Gasteiger partial charge in [0.25, 0.3) is 11.6 Å². The van der Waals surface area contributed by atoms with E-state index in [4.69, 9.17) is 4.74 Å². The van der Waals surface area contributed by atoms with Crippen LogP contribution in [0.4, 0.5) is 11.4 Å². The first-order chi connectivity index (χ1) is 15.1. The number of carbonyl (C=O) groups is 1. The van der Waals surface area contributed by atoms with Gasteiger partial charge in [-0.15, -0.1) is 0 Å². The number of nitro groups is 1. The molecule has 1 N–H and O–H groups in total. The van der Waals surface area contributed by atoms with Gasteiger partial charge in [-0.3, -0.25) is 20.3 Å². The number of rotatable bonds is 6. The van der Waals surface area contributed by atoms with Crippen molar-refractivity contribution in [1.82, 2.24) is 5.01 Å². The number of hydrazine groups is 1. The van der Waals surface area contributed by atoms with Crippen LogP contribution in [0.2, 0.25) is 0 Å². The summed E-state index contributed by atoms with van der Waals surface area (Å²) in [5.74, 6) is 0.659. The molecule has 3 aromatic rings. The number of benzene rings is 3. The van der Waals surface area contributed by atoms with Crippen molar-refractivity contribution in [3.63, 3.8) is 0 Å². The van der Waals surface area contributed by atoms with Crippen molar-refractivity contribution in [2.75, 3.05) is 12.5 Å². The topological polar surface area (TPSA) is 97.1 Å². The Hall–Kier alpha value is -4.46. The molecule has 0 atom stereocenters. The smallest absolute Gasteiger partial charge is 0.297 e. The van der Waals surface area contributed by atoms with Gasteiger partial charge in [-0.05, 0) is 36.4 Å². The van der Waals surface area contributed by atoms with Gasteiger partial charge in [-0.2, -0.15) is 5.01 Å². The highest BCUT2D eigenvalue weighted by Crippen LogP contribution is 2.27. The Kier molecular flexibility index (Phi) is 5.44. The Balaban J connectivity index is 1.74. The third-order valence-corrected chi connectivity index (χ3v) is 4.65. The number of amides is 1. The van der Waals surface area contributed by atoms with Gasteiger partial charge >= 0.3 is 0 Å². The van der Waals surface area contributed by atoms with Gasteiger partial charge in [0.05, 0.1) is 23.3 Å². The number of para-hydroxylation sites is 1. The normalized spacial score (nSPS) is 14.5. The number of nitrogens with one attached hydrogen (secondary N) is 1. The molecule has 0 fully saturated rings. The predicted molar refractivity (Wildman–Crippen MR) is 118 cm³/mol. The molecule has 0 bridgehead atoms. The molecule has 8 heteroatoms. The average Bonchev–Trinajstić information content (AvgIpc) is 3.10. The number of nitrogens with zero attached hydrogens (tertiary/aromatic N) is 3. The third kappa shape index (κ3) is 4.13. The van der Waals surface area contributed by atoms with E-state index in [-0.39, 0.29) is 11.4 Å². The number of hydrogen-bond acceptors (Lipinski definition) is 6. The van der Waals surface area contributed by atoms with Crippen molar-refractivity contribution < 1.29 is 14.5 Å². The lowest BCUT2D eigenvalue weighted by Crippen LogP contribution is -2.37. The zero-order valence-corrected chi connectivity index (χ0v) is 16.6. The molecule has 1 heterocycles. The second kappa shape index (κ2) is 8.50. The third-order valence-electron chi connectivity index (χ3n) is 4.65. The fourth-order valence-electron chi connectivity index (χ4n) is 3.12. The van der Waals surface area contributed by atoms with Gasteiger partial charge in [0.15, 0.2) is 5.84 Å². The van der Waals surface area contributed by atoms with Gasteiger partial charge in [0.2, 0.25) is 0 Å². The summed E-state index contributed by atoms with van der Waals surface area (Å²) in [6.45, 7) is 0. The van der Waals surface area contributed by atoms with E-state index in [1.165, 1.54) is 17.2 Å². The molecule has 8 nitrogen and oxygen atoms in total. The van der Waals surface area contributed by atoms with Crippen LogP contribution in [0.3, 0.4) is 0 Å². The van der Waals surface area contributed by atoms with Crippen LogP contribution in [0.1, 0.15) is 11.1 Å². The molecule has 31 heavy (non-hydrogen) atoms. The lowest BCUT2D eigenvalue weighted by atomic mass is 10.1. The van der Waals surface area contributed by atoms with E-state index in [1.807, 2.05) is 30.3 Å². The van der Waals surface area contributed by atoms with Crippen molar-refractivity contribution in [2.45, 2.75) is 0 Å². The van der Waals surface area contributed by atoms with Crippen LogP contribution in [0.5, 0.6) is 5.75 Å². The second-order valence-corrected chi connectivity index (χ2v) is 6.63. The highest BCUT2D eigenvalue weighted by molar-refractivity contribution is 6.20. The van der Waals surface area contributed by atoms with Crippen LogP contribution in [-0.2, 0) is 4.79 Å². The summed E-state index contributed by atoms with van der Waals surface area (Å²) in [6.07, 6.45) is 1.43. The maximum atomic E-state index is 13.2. The summed E-state index contributed by atoms with van der Waals surface area (Å²) >= 11 is 0. The minimum absolute atomic E-state index is 0.0918. The van der Waals surface area contributed by atoms with E-state index in [1.54, 1.807) is 49.6 Å². The van der Waals surface area contributed by atoms with E-state index in [9.17, 15) is 14.9 Å². The number of methoxy groups -OCH3 is 1. The monoisotopic (exact) mass is 414 g/mol. The molecule has 0 saturated carbocycles. The molecule has 1 amide bonds. The van der Waals surface area contributed by atoms with Crippen LogP contribution in [0, 0.1) is 10.1 Å². The molecular weight excluding hydrogens is 396 g/mol. The molecule has 0 saturated heterocycles. The number of amidine groups is 1. The lowest BCUT2D eigenvalue weighted by molar-refractivity contribution is -0.385. The van der Waals surface area contributed by atoms with E-state index < -0.39 is 10.8 Å². The highest BCUT2D eigenvalue weighted by Gasteiger charge is 2.32. The maximum Gasteiger partial charge on any atom is 0.297 e. The summed E-state index contributed by atoms with van der Waals surface area (Å²) in [5, 5.41) is 12.7. The van der Waals surface area contributed by atoms with Gasteiger partial charge in [0, 0.05) is 11.6 Å². The van der Waals surface area contributed by atoms with Crippen molar-refractivity contribution in [3.05, 3.63) is 106 Å². The van der Waals surface area contributed by atoms with Gasteiger partial charge < -0.3 is 4.74 Å². The largest absolute Gasteiger partial charge is 0.497 e. The molecule has 3 aromatic carbocycles. The van der Waals surface area contributed by atoms with Crippen LogP contribution in [0.15, 0.2) is 89.6 Å². The number of anilines is 1. The predicted octanol–water partition coefficient (Wildman–Crippen LogP) is 4.26.